The minimum Gasteiger partial charge on any atom is -0.493 e. The number of ether oxygens (including phenoxy) is 2. The Morgan fingerprint density at radius 3 is 2.58 bits per heavy atom. The van der Waals surface area contributed by atoms with E-state index in [0.29, 0.717) is 24.6 Å². The van der Waals surface area contributed by atoms with Crippen molar-refractivity contribution >= 4 is 5.91 Å². The van der Waals surface area contributed by atoms with Crippen molar-refractivity contribution in [1.82, 2.24) is 15.1 Å². The van der Waals surface area contributed by atoms with Gasteiger partial charge < -0.3 is 14.8 Å². The van der Waals surface area contributed by atoms with Crippen LogP contribution in [-0.2, 0) is 17.9 Å². The van der Waals surface area contributed by atoms with Gasteiger partial charge >= 0.3 is 0 Å². The van der Waals surface area contributed by atoms with Crippen LogP contribution in [0, 0.1) is 5.82 Å². The molecule has 168 valence electrons. The first-order chi connectivity index (χ1) is 15.0. The van der Waals surface area contributed by atoms with Gasteiger partial charge in [0.25, 0.3) is 0 Å². The van der Waals surface area contributed by atoms with Gasteiger partial charge in [0, 0.05) is 38.3 Å². The lowest BCUT2D eigenvalue weighted by molar-refractivity contribution is -0.126. The van der Waals surface area contributed by atoms with Gasteiger partial charge in [0.2, 0.25) is 5.91 Å². The molecule has 1 aliphatic rings. The molecule has 1 saturated heterocycles. The third kappa shape index (κ3) is 6.18. The van der Waals surface area contributed by atoms with Gasteiger partial charge in [-0.2, -0.15) is 0 Å². The number of amides is 1. The molecule has 31 heavy (non-hydrogen) atoms. The Kier molecular flexibility index (Phi) is 8.26. The fraction of sp³-hybridized carbons (Fsp3) is 0.458. The van der Waals surface area contributed by atoms with Gasteiger partial charge in [0.15, 0.2) is 11.5 Å². The third-order valence-corrected chi connectivity index (χ3v) is 5.82. The van der Waals surface area contributed by atoms with Crippen LogP contribution in [0.1, 0.15) is 24.5 Å². The van der Waals surface area contributed by atoms with Gasteiger partial charge in [-0.05, 0) is 43.7 Å². The van der Waals surface area contributed by atoms with Crippen molar-refractivity contribution in [2.75, 3.05) is 40.4 Å². The van der Waals surface area contributed by atoms with Crippen molar-refractivity contribution in [3.8, 4) is 11.5 Å². The number of halogens is 1. The fourth-order valence-corrected chi connectivity index (χ4v) is 3.90. The molecule has 2 aromatic rings. The zero-order chi connectivity index (χ0) is 22.2. The van der Waals surface area contributed by atoms with Gasteiger partial charge in [-0.1, -0.05) is 24.3 Å². The van der Waals surface area contributed by atoms with Crippen LogP contribution >= 0.6 is 0 Å². The molecule has 1 aliphatic heterocycles. The highest BCUT2D eigenvalue weighted by molar-refractivity contribution is 5.81. The molecule has 1 unspecified atom stereocenters. The maximum Gasteiger partial charge on any atom is 0.237 e. The Labute approximate surface area is 183 Å². The lowest BCUT2D eigenvalue weighted by Crippen LogP contribution is -2.46. The van der Waals surface area contributed by atoms with Gasteiger partial charge in [0.05, 0.1) is 20.3 Å². The minimum absolute atomic E-state index is 0.00246. The summed E-state index contributed by atoms with van der Waals surface area (Å²) in [7, 11) is 3.19. The summed E-state index contributed by atoms with van der Waals surface area (Å²) in [5.74, 6) is 1.14. The number of nitrogens with one attached hydrogen (secondary N) is 1. The van der Waals surface area contributed by atoms with Gasteiger partial charge in [-0.15, -0.1) is 0 Å². The highest BCUT2D eigenvalue weighted by Gasteiger charge is 2.24. The summed E-state index contributed by atoms with van der Waals surface area (Å²) >= 11 is 0. The smallest absolute Gasteiger partial charge is 0.237 e. The molecular formula is C24H32FN3O3. The SMILES string of the molecule is COc1ccc(CNC(=O)C(C)N2CCCN(Cc3ccccc3F)CC2)cc1OC. The van der Waals surface area contributed by atoms with Crippen molar-refractivity contribution in [1.29, 1.82) is 0 Å². The maximum atomic E-state index is 14.0. The van der Waals surface area contributed by atoms with E-state index in [9.17, 15) is 9.18 Å². The molecule has 1 amide bonds. The highest BCUT2D eigenvalue weighted by atomic mass is 19.1. The van der Waals surface area contributed by atoms with E-state index >= 15 is 0 Å². The standard InChI is InChI=1S/C24H32FN3O3/c1-18(24(29)26-16-19-9-10-22(30-2)23(15-19)31-3)28-12-6-11-27(13-14-28)17-20-7-4-5-8-21(20)25/h4-5,7-10,15,18H,6,11-14,16-17H2,1-3H3,(H,26,29). The van der Waals surface area contributed by atoms with Gasteiger partial charge in [0.1, 0.15) is 5.82 Å². The molecular weight excluding hydrogens is 397 g/mol. The van der Waals surface area contributed by atoms with Crippen LogP contribution in [0.4, 0.5) is 4.39 Å². The van der Waals surface area contributed by atoms with Crippen LogP contribution in [0.3, 0.4) is 0 Å². The number of rotatable bonds is 8. The molecule has 1 N–H and O–H groups in total. The predicted molar refractivity (Wildman–Crippen MR) is 119 cm³/mol. The number of carbonyl (C=O) groups is 1. The van der Waals surface area contributed by atoms with Gasteiger partial charge in [-0.25, -0.2) is 4.39 Å². The normalized spacial score (nSPS) is 16.4. The van der Waals surface area contributed by atoms with Gasteiger partial charge in [-0.3, -0.25) is 14.6 Å². The van der Waals surface area contributed by atoms with Crippen LogP contribution in [-0.4, -0.2) is 62.1 Å². The average molecular weight is 430 g/mol. The Balaban J connectivity index is 1.51. The molecule has 2 aromatic carbocycles. The average Bonchev–Trinajstić information content (AvgIpc) is 3.03. The van der Waals surface area contributed by atoms with Crippen LogP contribution in [0.15, 0.2) is 42.5 Å². The summed E-state index contributed by atoms with van der Waals surface area (Å²) in [5.41, 5.74) is 1.67. The first kappa shape index (κ1) is 23.0. The number of benzene rings is 2. The van der Waals surface area contributed by atoms with Crippen LogP contribution in [0.5, 0.6) is 11.5 Å². The first-order valence-corrected chi connectivity index (χ1v) is 10.7. The van der Waals surface area contributed by atoms with E-state index in [-0.39, 0.29) is 17.8 Å². The summed E-state index contributed by atoms with van der Waals surface area (Å²) in [5, 5.41) is 3.02. The van der Waals surface area contributed by atoms with E-state index < -0.39 is 0 Å². The zero-order valence-electron chi connectivity index (χ0n) is 18.6. The molecule has 0 saturated carbocycles. The molecule has 0 aromatic heterocycles. The van der Waals surface area contributed by atoms with E-state index in [1.54, 1.807) is 20.3 Å². The highest BCUT2D eigenvalue weighted by Crippen LogP contribution is 2.27. The van der Waals surface area contributed by atoms with Crippen molar-refractivity contribution in [2.24, 2.45) is 0 Å². The summed E-state index contributed by atoms with van der Waals surface area (Å²) in [6.45, 7) is 6.29. The molecule has 0 spiro atoms. The van der Waals surface area contributed by atoms with E-state index in [0.717, 1.165) is 43.7 Å². The molecule has 3 rings (SSSR count). The second kappa shape index (κ2) is 11.1. The zero-order valence-corrected chi connectivity index (χ0v) is 18.6. The lowest BCUT2D eigenvalue weighted by atomic mass is 10.2. The second-order valence-electron chi connectivity index (χ2n) is 7.84. The minimum atomic E-state index is -0.228. The molecule has 0 aliphatic carbocycles. The maximum absolute atomic E-state index is 14.0. The molecule has 0 bridgehead atoms. The predicted octanol–water partition coefficient (Wildman–Crippen LogP) is 3.06. The Morgan fingerprint density at radius 1 is 1.06 bits per heavy atom. The van der Waals surface area contributed by atoms with Crippen molar-refractivity contribution < 1.29 is 18.7 Å². The summed E-state index contributed by atoms with van der Waals surface area (Å²) < 4.78 is 24.5. The first-order valence-electron chi connectivity index (χ1n) is 10.7. The summed E-state index contributed by atoms with van der Waals surface area (Å²) in [4.78, 5) is 17.2. The Bertz CT molecular complexity index is 877. The van der Waals surface area contributed by atoms with E-state index in [1.165, 1.54) is 6.07 Å². The Hall–Kier alpha value is -2.64. The van der Waals surface area contributed by atoms with Crippen LogP contribution < -0.4 is 14.8 Å². The Morgan fingerprint density at radius 2 is 1.84 bits per heavy atom. The van der Waals surface area contributed by atoms with E-state index in [4.69, 9.17) is 9.47 Å². The molecule has 6 nitrogen and oxygen atoms in total. The van der Waals surface area contributed by atoms with Crippen LogP contribution in [0.2, 0.25) is 0 Å². The topological polar surface area (TPSA) is 54.0 Å². The van der Waals surface area contributed by atoms with E-state index in [2.05, 4.69) is 15.1 Å². The van der Waals surface area contributed by atoms with Crippen LogP contribution in [0.25, 0.3) is 0 Å². The number of nitrogens with zero attached hydrogens (tertiary/aromatic N) is 2. The monoisotopic (exact) mass is 429 g/mol. The summed E-state index contributed by atoms with van der Waals surface area (Å²) in [6, 6.07) is 12.3. The number of hydrogen-bond acceptors (Lipinski definition) is 5. The number of carbonyl (C=O) groups excluding carboxylic acids is 1. The molecule has 7 heteroatoms. The van der Waals surface area contributed by atoms with Crippen molar-refractivity contribution in [3.63, 3.8) is 0 Å². The third-order valence-electron chi connectivity index (χ3n) is 5.82. The molecule has 1 heterocycles. The quantitative estimate of drug-likeness (QED) is 0.699. The van der Waals surface area contributed by atoms with Crippen molar-refractivity contribution in [3.05, 3.63) is 59.4 Å². The fourth-order valence-electron chi connectivity index (χ4n) is 3.90. The molecule has 1 atom stereocenters. The number of hydrogen-bond donors (Lipinski definition) is 1. The molecule has 1 fully saturated rings. The number of methoxy groups -OCH3 is 2. The van der Waals surface area contributed by atoms with E-state index in [1.807, 2.05) is 37.3 Å². The lowest BCUT2D eigenvalue weighted by Gasteiger charge is -2.27. The molecule has 0 radical (unpaired) electrons. The summed E-state index contributed by atoms with van der Waals surface area (Å²) in [6.07, 6.45) is 0.946. The largest absolute Gasteiger partial charge is 0.493 e. The van der Waals surface area contributed by atoms with Crippen molar-refractivity contribution in [2.45, 2.75) is 32.5 Å². The second-order valence-corrected chi connectivity index (χ2v) is 7.84.